The monoisotopic (exact) mass is 385 g/mol. The molecule has 6 heteroatoms. The van der Waals surface area contributed by atoms with Crippen molar-refractivity contribution in [3.05, 3.63) is 29.3 Å². The van der Waals surface area contributed by atoms with Crippen molar-refractivity contribution < 1.29 is 13.1 Å². The predicted molar refractivity (Wildman–Crippen MR) is 96.9 cm³/mol. The molecule has 0 amide bonds. The van der Waals surface area contributed by atoms with Crippen LogP contribution in [0, 0.1) is 13.8 Å². The van der Waals surface area contributed by atoms with Crippen molar-refractivity contribution in [2.24, 2.45) is 9.98 Å². The number of aliphatic imine (C=N–C) groups is 2. The first-order chi connectivity index (χ1) is 10.3. The predicted octanol–water partition coefficient (Wildman–Crippen LogP) is 4.79. The van der Waals surface area contributed by atoms with Gasteiger partial charge in [-0.05, 0) is 52.9 Å². The first-order valence-electron chi connectivity index (χ1n) is 6.96. The summed E-state index contributed by atoms with van der Waals surface area (Å²) in [6, 6.07) is 6.26. The van der Waals surface area contributed by atoms with Crippen molar-refractivity contribution in [1.82, 2.24) is 4.90 Å². The van der Waals surface area contributed by atoms with E-state index < -0.39 is 0 Å². The summed E-state index contributed by atoms with van der Waals surface area (Å²) in [5, 5.41) is 0. The van der Waals surface area contributed by atoms with Crippen LogP contribution in [0.5, 0.6) is 0 Å². The van der Waals surface area contributed by atoms with E-state index in [1.165, 1.54) is 11.1 Å². The second-order valence-corrected chi connectivity index (χ2v) is 7.08. The molecule has 0 aromatic heterocycles. The van der Waals surface area contributed by atoms with Gasteiger partial charge in [-0.1, -0.05) is 18.2 Å². The molecular weight excluding hydrogens is 361 g/mol. The molecule has 0 aliphatic heterocycles. The van der Waals surface area contributed by atoms with Crippen molar-refractivity contribution in [3.63, 3.8) is 0 Å². The number of nitrogens with zero attached hydrogens (tertiary/aromatic N) is 3. The maximum atomic E-state index is 4.76. The third kappa shape index (κ3) is 8.92. The summed E-state index contributed by atoms with van der Waals surface area (Å²) in [7, 11) is 13.6. The van der Waals surface area contributed by atoms with Gasteiger partial charge in [0.1, 0.15) is 0 Å². The van der Waals surface area contributed by atoms with E-state index in [4.69, 9.17) is 25.2 Å². The molecule has 0 spiro atoms. The Morgan fingerprint density at radius 2 is 1.59 bits per heavy atom. The van der Waals surface area contributed by atoms with Crippen LogP contribution in [0.2, 0.25) is 0 Å². The Morgan fingerprint density at radius 3 is 2.05 bits per heavy atom. The van der Waals surface area contributed by atoms with Crippen molar-refractivity contribution in [3.8, 4) is 0 Å². The third-order valence-corrected chi connectivity index (χ3v) is 3.14. The second-order valence-electron chi connectivity index (χ2n) is 5.26. The number of benzene rings is 1. The Morgan fingerprint density at radius 1 is 1.09 bits per heavy atom. The van der Waals surface area contributed by atoms with Crippen molar-refractivity contribution in [2.45, 2.75) is 27.7 Å². The van der Waals surface area contributed by atoms with Crippen LogP contribution in [-0.2, 0) is 13.1 Å². The zero-order valence-corrected chi connectivity index (χ0v) is 16.7. The van der Waals surface area contributed by atoms with E-state index in [-0.39, 0.29) is 13.1 Å². The SMILES string of the molecule is CC(=NCCN(C)C)C(C)=Nc1c(C)cccc1C.[Cl][Fe+][Cl]. The number of rotatable bonds is 5. The molecule has 1 rings (SSSR count). The molecule has 1 aromatic rings. The van der Waals surface area contributed by atoms with E-state index in [2.05, 4.69) is 56.0 Å². The van der Waals surface area contributed by atoms with Crippen molar-refractivity contribution in [2.75, 3.05) is 27.2 Å². The van der Waals surface area contributed by atoms with E-state index >= 15 is 0 Å². The second kappa shape index (κ2) is 12.1. The van der Waals surface area contributed by atoms with E-state index in [0.717, 1.165) is 30.2 Å². The molecule has 0 bridgehead atoms. The summed E-state index contributed by atoms with van der Waals surface area (Å²) in [5.74, 6) is 0. The van der Waals surface area contributed by atoms with Gasteiger partial charge in [-0.25, -0.2) is 0 Å². The number of aryl methyl sites for hydroxylation is 2. The van der Waals surface area contributed by atoms with Crippen LogP contribution in [0.3, 0.4) is 0 Å². The van der Waals surface area contributed by atoms with Gasteiger partial charge < -0.3 is 4.90 Å². The first kappa shape index (κ1) is 21.6. The quantitative estimate of drug-likeness (QED) is 0.528. The molecule has 0 saturated carbocycles. The Kier molecular flexibility index (Phi) is 11.9. The molecular formula is C16H25Cl2FeN3+. The zero-order valence-electron chi connectivity index (χ0n) is 14.1. The van der Waals surface area contributed by atoms with Crippen molar-refractivity contribution >= 4 is 37.3 Å². The number of halogens is 2. The standard InChI is InChI=1S/C16H25N3.2ClH.Fe/c1-12-8-7-9-13(2)16(12)18-15(4)14(3)17-10-11-19(5)6;;;/h7-9H,10-11H2,1-6H3;2*1H;/q;;;+3/p-2. The van der Waals surface area contributed by atoms with Gasteiger partial charge in [0.05, 0.1) is 23.7 Å². The molecule has 0 aliphatic rings. The first-order valence-corrected chi connectivity index (χ1v) is 10.00. The van der Waals surface area contributed by atoms with Crippen LogP contribution in [0.25, 0.3) is 0 Å². The summed E-state index contributed by atoms with van der Waals surface area (Å²) in [4.78, 5) is 11.4. The van der Waals surface area contributed by atoms with Gasteiger partial charge in [0.2, 0.25) is 0 Å². The van der Waals surface area contributed by atoms with Gasteiger partial charge in [-0.2, -0.15) is 0 Å². The number of hydrogen-bond donors (Lipinski definition) is 0. The molecule has 0 saturated heterocycles. The van der Waals surface area contributed by atoms with Gasteiger partial charge in [-0.3, -0.25) is 9.98 Å². The Bertz CT molecular complexity index is 494. The van der Waals surface area contributed by atoms with E-state index in [0.29, 0.717) is 0 Å². The van der Waals surface area contributed by atoms with Crippen LogP contribution < -0.4 is 0 Å². The molecule has 125 valence electrons. The summed E-state index contributed by atoms with van der Waals surface area (Å²) >= 11 is 0.194. The molecule has 0 N–H and O–H groups in total. The van der Waals surface area contributed by atoms with Gasteiger partial charge in [0, 0.05) is 6.54 Å². The van der Waals surface area contributed by atoms with E-state index in [1.54, 1.807) is 0 Å². The molecule has 0 fully saturated rings. The number of para-hydroxylation sites is 1. The minimum absolute atomic E-state index is 0.194. The summed E-state index contributed by atoms with van der Waals surface area (Å²) < 4.78 is 0. The third-order valence-electron chi connectivity index (χ3n) is 3.14. The molecule has 0 unspecified atom stereocenters. The van der Waals surface area contributed by atoms with Crippen LogP contribution in [0.1, 0.15) is 25.0 Å². The van der Waals surface area contributed by atoms with E-state index in [1.807, 2.05) is 13.8 Å². The molecule has 0 radical (unpaired) electrons. The normalized spacial score (nSPS) is 12.2. The summed E-state index contributed by atoms with van der Waals surface area (Å²) in [6.45, 7) is 10.0. The van der Waals surface area contributed by atoms with Gasteiger partial charge >= 0.3 is 33.3 Å². The Hall–Kier alpha value is -0.381. The Balaban J connectivity index is 0.00000135. The van der Waals surface area contributed by atoms with Crippen molar-refractivity contribution in [1.29, 1.82) is 0 Å². The molecule has 0 heterocycles. The zero-order chi connectivity index (χ0) is 17.1. The fourth-order valence-corrected chi connectivity index (χ4v) is 1.76. The van der Waals surface area contributed by atoms with Gasteiger partial charge in [0.25, 0.3) is 0 Å². The average Bonchev–Trinajstić information content (AvgIpc) is 2.43. The van der Waals surface area contributed by atoms with Crippen LogP contribution in [-0.4, -0.2) is 43.5 Å². The minimum atomic E-state index is 0.194. The Labute approximate surface area is 149 Å². The topological polar surface area (TPSA) is 28.0 Å². The molecule has 1 aromatic carbocycles. The number of likely N-dealkylation sites (N-methyl/N-ethyl adjacent to an activating group) is 1. The number of hydrogen-bond acceptors (Lipinski definition) is 3. The van der Waals surface area contributed by atoms with Gasteiger partial charge in [-0.15, -0.1) is 0 Å². The molecule has 0 atom stereocenters. The fraction of sp³-hybridized carbons (Fsp3) is 0.500. The average molecular weight is 386 g/mol. The van der Waals surface area contributed by atoms with Gasteiger partial charge in [0.15, 0.2) is 0 Å². The maximum absolute atomic E-state index is 4.76. The summed E-state index contributed by atoms with van der Waals surface area (Å²) in [6.07, 6.45) is 0. The fourth-order valence-electron chi connectivity index (χ4n) is 1.76. The molecule has 3 nitrogen and oxygen atoms in total. The van der Waals surface area contributed by atoms with E-state index in [9.17, 15) is 0 Å². The van der Waals surface area contributed by atoms with Crippen LogP contribution in [0.4, 0.5) is 5.69 Å². The molecule has 0 aliphatic carbocycles. The van der Waals surface area contributed by atoms with Crippen LogP contribution in [0.15, 0.2) is 28.2 Å². The van der Waals surface area contributed by atoms with Crippen LogP contribution >= 0.6 is 20.2 Å². The molecule has 22 heavy (non-hydrogen) atoms. The summed E-state index contributed by atoms with van der Waals surface area (Å²) in [5.41, 5.74) is 5.50.